The third kappa shape index (κ3) is 2.64. The van der Waals surface area contributed by atoms with Gasteiger partial charge in [0.25, 0.3) is 0 Å². The van der Waals surface area contributed by atoms with Crippen molar-refractivity contribution in [3.63, 3.8) is 0 Å². The summed E-state index contributed by atoms with van der Waals surface area (Å²) in [6.45, 7) is 4.30. The van der Waals surface area contributed by atoms with E-state index in [-0.39, 0.29) is 5.76 Å². The Balaban J connectivity index is 1.83. The monoisotopic (exact) mass is 309 g/mol. The molecule has 0 spiro atoms. The first-order valence-corrected chi connectivity index (χ1v) is 7.95. The predicted octanol–water partition coefficient (Wildman–Crippen LogP) is 2.05. The summed E-state index contributed by atoms with van der Waals surface area (Å²) in [5.74, 6) is -0.300. The van der Waals surface area contributed by atoms with Crippen LogP contribution in [0.5, 0.6) is 0 Å². The highest BCUT2D eigenvalue weighted by atomic mass is 16.4. The molecule has 1 aliphatic heterocycles. The lowest BCUT2D eigenvalue weighted by atomic mass is 10.2. The lowest BCUT2D eigenvalue weighted by Gasteiger charge is -2.30. The van der Waals surface area contributed by atoms with Crippen LogP contribution in [0.15, 0.2) is 57.7 Å². The number of para-hydroxylation sites is 1. The highest BCUT2D eigenvalue weighted by molar-refractivity contribution is 5.88. The van der Waals surface area contributed by atoms with Crippen LogP contribution in [0.3, 0.4) is 0 Å². The van der Waals surface area contributed by atoms with Gasteiger partial charge >= 0.3 is 5.76 Å². The van der Waals surface area contributed by atoms with Crippen molar-refractivity contribution in [1.82, 2.24) is 9.88 Å². The molecule has 5 nitrogen and oxygen atoms in total. The molecular formula is C18H19N3O2. The van der Waals surface area contributed by atoms with Crippen molar-refractivity contribution in [2.45, 2.75) is 6.54 Å². The van der Waals surface area contributed by atoms with E-state index < -0.39 is 0 Å². The van der Waals surface area contributed by atoms with Gasteiger partial charge in [0.15, 0.2) is 5.58 Å². The van der Waals surface area contributed by atoms with Gasteiger partial charge in [0.05, 0.1) is 12.2 Å². The summed E-state index contributed by atoms with van der Waals surface area (Å²) < 4.78 is 7.21. The summed E-state index contributed by atoms with van der Waals surface area (Å²) in [6, 6.07) is 15.9. The molecule has 0 saturated carbocycles. The number of hydrogen-bond acceptors (Lipinski definition) is 4. The Kier molecular flexibility index (Phi) is 3.63. The first-order valence-electron chi connectivity index (χ1n) is 7.95. The quantitative estimate of drug-likeness (QED) is 0.804. The topological polar surface area (TPSA) is 50.4 Å². The molecule has 1 N–H and O–H groups in total. The molecule has 0 unspecified atom stereocenters. The first-order chi connectivity index (χ1) is 11.3. The number of rotatable bonds is 3. The Morgan fingerprint density at radius 2 is 1.78 bits per heavy atom. The maximum atomic E-state index is 12.3. The number of piperazine rings is 1. The van der Waals surface area contributed by atoms with Crippen molar-refractivity contribution in [3.05, 3.63) is 64.6 Å². The van der Waals surface area contributed by atoms with Gasteiger partial charge in [-0.15, -0.1) is 0 Å². The molecule has 5 heteroatoms. The average Bonchev–Trinajstić information content (AvgIpc) is 2.92. The summed E-state index contributed by atoms with van der Waals surface area (Å²) in [6.07, 6.45) is 0. The van der Waals surface area contributed by atoms with Gasteiger partial charge in [0, 0.05) is 26.2 Å². The van der Waals surface area contributed by atoms with Crippen LogP contribution in [-0.2, 0) is 6.54 Å². The second-order valence-electron chi connectivity index (χ2n) is 5.80. The van der Waals surface area contributed by atoms with Gasteiger partial charge in [-0.3, -0.25) is 4.57 Å². The fourth-order valence-corrected chi connectivity index (χ4v) is 3.18. The minimum Gasteiger partial charge on any atom is -0.408 e. The Morgan fingerprint density at radius 1 is 1.00 bits per heavy atom. The van der Waals surface area contributed by atoms with Crippen molar-refractivity contribution < 1.29 is 4.42 Å². The number of hydrogen-bond donors (Lipinski definition) is 1. The summed E-state index contributed by atoms with van der Waals surface area (Å²) in [4.78, 5) is 14.7. The number of nitrogens with one attached hydrogen (secondary N) is 1. The smallest absolute Gasteiger partial charge is 0.408 e. The minimum atomic E-state index is -0.300. The zero-order valence-electron chi connectivity index (χ0n) is 12.9. The maximum absolute atomic E-state index is 12.3. The highest BCUT2D eigenvalue weighted by Crippen LogP contribution is 2.27. The van der Waals surface area contributed by atoms with E-state index in [4.69, 9.17) is 4.42 Å². The van der Waals surface area contributed by atoms with Crippen molar-refractivity contribution in [1.29, 1.82) is 0 Å². The fraction of sp³-hybridized carbons (Fsp3) is 0.278. The lowest BCUT2D eigenvalue weighted by Crippen LogP contribution is -2.43. The van der Waals surface area contributed by atoms with Crippen LogP contribution >= 0.6 is 0 Å². The zero-order chi connectivity index (χ0) is 15.6. The molecule has 1 saturated heterocycles. The standard InChI is InChI=1S/C18H19N3O2/c22-18-21(13-14-5-2-1-3-6-14)17-15(7-4-8-16(17)23-18)20-11-9-19-10-12-20/h1-8,19H,9-13H2. The van der Waals surface area contributed by atoms with Crippen LogP contribution in [0.1, 0.15) is 5.56 Å². The van der Waals surface area contributed by atoms with Crippen LogP contribution in [0, 0.1) is 0 Å². The van der Waals surface area contributed by atoms with E-state index in [1.54, 1.807) is 4.57 Å². The molecule has 0 aliphatic carbocycles. The van der Waals surface area contributed by atoms with Gasteiger partial charge < -0.3 is 14.6 Å². The molecule has 23 heavy (non-hydrogen) atoms. The van der Waals surface area contributed by atoms with E-state index in [2.05, 4.69) is 16.3 Å². The molecule has 0 atom stereocenters. The minimum absolute atomic E-state index is 0.300. The van der Waals surface area contributed by atoms with Crippen LogP contribution < -0.4 is 16.0 Å². The highest BCUT2D eigenvalue weighted by Gasteiger charge is 2.19. The molecule has 1 fully saturated rings. The third-order valence-electron chi connectivity index (χ3n) is 4.31. The fourth-order valence-electron chi connectivity index (χ4n) is 3.18. The molecule has 2 heterocycles. The Hall–Kier alpha value is -2.53. The molecule has 118 valence electrons. The number of oxazole rings is 1. The van der Waals surface area contributed by atoms with Crippen LogP contribution in [0.25, 0.3) is 11.1 Å². The van der Waals surface area contributed by atoms with Gasteiger partial charge in [-0.25, -0.2) is 4.79 Å². The molecule has 1 aliphatic rings. The van der Waals surface area contributed by atoms with Gasteiger partial charge in [-0.1, -0.05) is 36.4 Å². The number of fused-ring (bicyclic) bond motifs is 1. The molecule has 2 aromatic carbocycles. The molecule has 3 aromatic rings. The summed E-state index contributed by atoms with van der Waals surface area (Å²) in [5, 5.41) is 3.36. The predicted molar refractivity (Wildman–Crippen MR) is 91.1 cm³/mol. The molecule has 4 rings (SSSR count). The van der Waals surface area contributed by atoms with Gasteiger partial charge in [0.1, 0.15) is 5.52 Å². The number of anilines is 1. The SMILES string of the molecule is O=c1oc2cccc(N3CCNCC3)c2n1Cc1ccccc1. The zero-order valence-corrected chi connectivity index (χ0v) is 12.9. The van der Waals surface area contributed by atoms with E-state index in [0.717, 1.165) is 42.9 Å². The summed E-state index contributed by atoms with van der Waals surface area (Å²) in [5.41, 5.74) is 3.71. The van der Waals surface area contributed by atoms with E-state index in [1.165, 1.54) is 0 Å². The lowest BCUT2D eigenvalue weighted by molar-refractivity contribution is 0.517. The average molecular weight is 309 g/mol. The van der Waals surface area contributed by atoms with Crippen LogP contribution in [0.4, 0.5) is 5.69 Å². The number of aromatic nitrogens is 1. The summed E-state index contributed by atoms with van der Waals surface area (Å²) >= 11 is 0. The molecule has 0 amide bonds. The maximum Gasteiger partial charge on any atom is 0.420 e. The van der Waals surface area contributed by atoms with E-state index in [9.17, 15) is 4.79 Å². The van der Waals surface area contributed by atoms with Crippen molar-refractivity contribution in [2.24, 2.45) is 0 Å². The Labute approximate surface area is 134 Å². The van der Waals surface area contributed by atoms with Crippen LogP contribution in [-0.4, -0.2) is 30.7 Å². The molecule has 1 aromatic heterocycles. The number of benzene rings is 2. The molecule has 0 bridgehead atoms. The van der Waals surface area contributed by atoms with E-state index in [0.29, 0.717) is 12.1 Å². The van der Waals surface area contributed by atoms with Crippen LogP contribution in [0.2, 0.25) is 0 Å². The first kappa shape index (κ1) is 14.1. The van der Waals surface area contributed by atoms with Crippen molar-refractivity contribution in [2.75, 3.05) is 31.1 Å². The Morgan fingerprint density at radius 3 is 2.57 bits per heavy atom. The summed E-state index contributed by atoms with van der Waals surface area (Å²) in [7, 11) is 0. The van der Waals surface area contributed by atoms with Gasteiger partial charge in [-0.05, 0) is 17.7 Å². The largest absolute Gasteiger partial charge is 0.420 e. The second-order valence-corrected chi connectivity index (χ2v) is 5.80. The van der Waals surface area contributed by atoms with E-state index >= 15 is 0 Å². The molecular weight excluding hydrogens is 290 g/mol. The Bertz CT molecular complexity index is 861. The molecule has 0 radical (unpaired) electrons. The van der Waals surface area contributed by atoms with Crippen molar-refractivity contribution in [3.8, 4) is 0 Å². The van der Waals surface area contributed by atoms with Gasteiger partial charge in [0.2, 0.25) is 0 Å². The van der Waals surface area contributed by atoms with Gasteiger partial charge in [-0.2, -0.15) is 0 Å². The second kappa shape index (κ2) is 5.93. The number of nitrogens with zero attached hydrogens (tertiary/aromatic N) is 2. The van der Waals surface area contributed by atoms with E-state index in [1.807, 2.05) is 42.5 Å². The third-order valence-corrected chi connectivity index (χ3v) is 4.31. The normalized spacial score (nSPS) is 15.2. The van der Waals surface area contributed by atoms with Crippen molar-refractivity contribution >= 4 is 16.8 Å².